The second kappa shape index (κ2) is 4.79. The zero-order valence-electron chi connectivity index (χ0n) is 10.8. The average Bonchev–Trinajstić information content (AvgIpc) is 2.28. The van der Waals surface area contributed by atoms with E-state index in [9.17, 15) is 8.42 Å². The Labute approximate surface area is 120 Å². The number of benzene rings is 1. The number of sulfonamides is 1. The smallest absolute Gasteiger partial charge is 0.399 e. The van der Waals surface area contributed by atoms with Crippen LogP contribution >= 0.6 is 15.9 Å². The summed E-state index contributed by atoms with van der Waals surface area (Å²) in [5.41, 5.74) is -0.327. The third kappa shape index (κ3) is 2.76. The van der Waals surface area contributed by atoms with Crippen molar-refractivity contribution in [3.63, 3.8) is 0 Å². The van der Waals surface area contributed by atoms with Crippen LogP contribution in [0.4, 0.5) is 0 Å². The van der Waals surface area contributed by atoms with E-state index in [0.717, 1.165) is 4.47 Å². The van der Waals surface area contributed by atoms with Crippen molar-refractivity contribution in [2.75, 3.05) is 7.11 Å². The first-order chi connectivity index (χ1) is 8.76. The first-order valence-corrected chi connectivity index (χ1v) is 7.88. The summed E-state index contributed by atoms with van der Waals surface area (Å²) in [5, 5.41) is -0.869. The van der Waals surface area contributed by atoms with Crippen molar-refractivity contribution < 1.29 is 17.9 Å². The van der Waals surface area contributed by atoms with E-state index in [-0.39, 0.29) is 6.08 Å². The maximum atomic E-state index is 12.3. The molecule has 0 bridgehead atoms. The number of hydrogen-bond acceptors (Lipinski definition) is 4. The lowest BCUT2D eigenvalue weighted by Gasteiger charge is -2.36. The molecular formula is C12H14BrNO4S. The summed E-state index contributed by atoms with van der Waals surface area (Å²) in [5.74, 6) is 0. The molecule has 7 heteroatoms. The Balaban J connectivity index is 2.55. The second-order valence-electron chi connectivity index (χ2n) is 4.71. The molecule has 1 aliphatic heterocycles. The molecule has 0 N–H and O–H groups in total. The Hall–Kier alpha value is -1.08. The van der Waals surface area contributed by atoms with Crippen molar-refractivity contribution in [2.45, 2.75) is 24.7 Å². The molecule has 1 heterocycles. The fraction of sp³-hybridized carbons (Fsp3) is 0.417. The molecule has 0 saturated heterocycles. The molecule has 1 aromatic carbocycles. The van der Waals surface area contributed by atoms with Gasteiger partial charge in [-0.1, -0.05) is 32.5 Å². The van der Waals surface area contributed by atoms with Gasteiger partial charge in [0.25, 0.3) is 10.0 Å². The molecule has 0 fully saturated rings. The van der Waals surface area contributed by atoms with Crippen molar-refractivity contribution in [2.24, 2.45) is 4.40 Å². The van der Waals surface area contributed by atoms with Gasteiger partial charge >= 0.3 is 6.08 Å². The van der Waals surface area contributed by atoms with Gasteiger partial charge in [-0.05, 0) is 31.5 Å². The maximum Gasteiger partial charge on any atom is 0.399 e. The van der Waals surface area contributed by atoms with E-state index in [0.29, 0.717) is 5.56 Å². The Morgan fingerprint density at radius 3 is 2.37 bits per heavy atom. The standard InChI is InChI=1S/C12H14BrNO4S/c1-12(2)10(8-4-6-9(13)7-5-8)19(15,16)14-11(17-3)18-12/h4-7,10H,1-3H3/t10-/m0/s1. The molecule has 2 rings (SSSR count). The Morgan fingerprint density at radius 2 is 1.89 bits per heavy atom. The molecule has 0 saturated carbocycles. The molecule has 5 nitrogen and oxygen atoms in total. The van der Waals surface area contributed by atoms with E-state index < -0.39 is 20.9 Å². The minimum absolute atomic E-state index is 0.224. The summed E-state index contributed by atoms with van der Waals surface area (Å²) in [6.45, 7) is 3.40. The largest absolute Gasteiger partial charge is 0.453 e. The molecule has 1 atom stereocenters. The Bertz CT molecular complexity index is 607. The summed E-state index contributed by atoms with van der Waals surface area (Å²) in [6, 6.07) is 7.06. The summed E-state index contributed by atoms with van der Waals surface area (Å²) in [4.78, 5) is 0. The van der Waals surface area contributed by atoms with Gasteiger partial charge in [-0.25, -0.2) is 8.42 Å². The number of hydrogen-bond donors (Lipinski definition) is 0. The summed E-state index contributed by atoms with van der Waals surface area (Å²) >= 11 is 3.32. The van der Waals surface area contributed by atoms with Gasteiger partial charge in [0.15, 0.2) is 0 Å². The van der Waals surface area contributed by atoms with Gasteiger partial charge in [-0.2, -0.15) is 0 Å². The van der Waals surface area contributed by atoms with Crippen LogP contribution in [0.3, 0.4) is 0 Å². The van der Waals surface area contributed by atoms with Crippen LogP contribution in [0.2, 0.25) is 0 Å². The highest BCUT2D eigenvalue weighted by atomic mass is 79.9. The molecule has 1 aromatic rings. The lowest BCUT2D eigenvalue weighted by atomic mass is 9.97. The molecule has 0 aromatic heterocycles. The van der Waals surface area contributed by atoms with Crippen LogP contribution < -0.4 is 0 Å². The van der Waals surface area contributed by atoms with Crippen molar-refractivity contribution >= 4 is 32.0 Å². The summed E-state index contributed by atoms with van der Waals surface area (Å²) in [7, 11) is -2.41. The van der Waals surface area contributed by atoms with Crippen LogP contribution in [0, 0.1) is 0 Å². The Morgan fingerprint density at radius 1 is 1.32 bits per heavy atom. The van der Waals surface area contributed by atoms with Crippen LogP contribution in [-0.2, 0) is 19.5 Å². The van der Waals surface area contributed by atoms with Crippen LogP contribution in [0.1, 0.15) is 24.7 Å². The van der Waals surface area contributed by atoms with Gasteiger partial charge in [0, 0.05) is 4.47 Å². The normalized spacial score (nSPS) is 24.2. The van der Waals surface area contributed by atoms with Crippen LogP contribution in [0.25, 0.3) is 0 Å². The quantitative estimate of drug-likeness (QED) is 0.783. The minimum Gasteiger partial charge on any atom is -0.453 e. The first-order valence-electron chi connectivity index (χ1n) is 5.58. The molecule has 1 aliphatic rings. The Kier molecular flexibility index (Phi) is 3.61. The molecule has 19 heavy (non-hydrogen) atoms. The average molecular weight is 348 g/mol. The number of rotatable bonds is 1. The van der Waals surface area contributed by atoms with Crippen molar-refractivity contribution in [3.8, 4) is 0 Å². The molecule has 0 spiro atoms. The van der Waals surface area contributed by atoms with Crippen LogP contribution in [0.5, 0.6) is 0 Å². The number of ether oxygens (including phenoxy) is 2. The lowest BCUT2D eigenvalue weighted by Crippen LogP contribution is -2.43. The van der Waals surface area contributed by atoms with Crippen molar-refractivity contribution in [3.05, 3.63) is 34.3 Å². The number of halogens is 1. The van der Waals surface area contributed by atoms with Gasteiger partial charge in [0.05, 0.1) is 7.11 Å². The SMILES string of the molecule is COC1=NS(=O)(=O)[C@@H](c2ccc(Br)cc2)C(C)(C)O1. The first kappa shape index (κ1) is 14.3. The highest BCUT2D eigenvalue weighted by Crippen LogP contribution is 2.40. The van der Waals surface area contributed by atoms with Crippen LogP contribution in [-0.4, -0.2) is 27.2 Å². The van der Waals surface area contributed by atoms with Gasteiger partial charge in [-0.3, -0.25) is 0 Å². The zero-order chi connectivity index (χ0) is 14.3. The van der Waals surface area contributed by atoms with E-state index in [1.165, 1.54) is 7.11 Å². The predicted molar refractivity (Wildman–Crippen MR) is 75.4 cm³/mol. The molecular weight excluding hydrogens is 334 g/mol. The maximum absolute atomic E-state index is 12.3. The van der Waals surface area contributed by atoms with Gasteiger partial charge < -0.3 is 9.47 Å². The molecule has 0 amide bonds. The molecule has 0 radical (unpaired) electrons. The highest BCUT2D eigenvalue weighted by Gasteiger charge is 2.47. The van der Waals surface area contributed by atoms with E-state index >= 15 is 0 Å². The predicted octanol–water partition coefficient (Wildman–Crippen LogP) is 2.63. The third-order valence-electron chi connectivity index (χ3n) is 2.83. The second-order valence-corrected chi connectivity index (χ2v) is 7.31. The molecule has 0 aliphatic carbocycles. The highest BCUT2D eigenvalue weighted by molar-refractivity contribution is 9.10. The van der Waals surface area contributed by atoms with Crippen LogP contribution in [0.15, 0.2) is 33.1 Å². The van der Waals surface area contributed by atoms with E-state index in [4.69, 9.17) is 9.47 Å². The topological polar surface area (TPSA) is 65.0 Å². The van der Waals surface area contributed by atoms with Crippen molar-refractivity contribution in [1.82, 2.24) is 0 Å². The fourth-order valence-corrected chi connectivity index (χ4v) is 4.06. The van der Waals surface area contributed by atoms with Crippen molar-refractivity contribution in [1.29, 1.82) is 0 Å². The number of methoxy groups -OCH3 is 1. The lowest BCUT2D eigenvalue weighted by molar-refractivity contribution is 0.0442. The summed E-state index contributed by atoms with van der Waals surface area (Å²) in [6.07, 6.45) is -0.224. The number of nitrogens with zero attached hydrogens (tertiary/aromatic N) is 1. The van der Waals surface area contributed by atoms with Gasteiger partial charge in [-0.15, -0.1) is 0 Å². The minimum atomic E-state index is -3.74. The van der Waals surface area contributed by atoms with E-state index in [1.807, 2.05) is 0 Å². The van der Waals surface area contributed by atoms with E-state index in [1.54, 1.807) is 38.1 Å². The van der Waals surface area contributed by atoms with E-state index in [2.05, 4.69) is 20.3 Å². The monoisotopic (exact) mass is 347 g/mol. The molecule has 0 unspecified atom stereocenters. The fourth-order valence-electron chi connectivity index (χ4n) is 2.10. The van der Waals surface area contributed by atoms with Gasteiger partial charge in [0.1, 0.15) is 10.9 Å². The third-order valence-corrected chi connectivity index (χ3v) is 5.20. The van der Waals surface area contributed by atoms with Gasteiger partial charge in [0.2, 0.25) is 0 Å². The molecule has 104 valence electrons. The summed E-state index contributed by atoms with van der Waals surface area (Å²) < 4.78 is 39.3. The zero-order valence-corrected chi connectivity index (χ0v) is 13.2.